The number of carbonyl (C=O) groups is 1. The molecule has 1 N–H and O–H groups in total. The van der Waals surface area contributed by atoms with Crippen LogP contribution in [0.3, 0.4) is 0 Å². The van der Waals surface area contributed by atoms with Crippen LogP contribution in [0.5, 0.6) is 5.75 Å². The van der Waals surface area contributed by atoms with Crippen molar-refractivity contribution in [2.45, 2.75) is 70.3 Å². The zero-order valence-corrected chi connectivity index (χ0v) is 24.0. The van der Waals surface area contributed by atoms with Crippen LogP contribution in [-0.4, -0.2) is 34.2 Å². The molecule has 6 nitrogen and oxygen atoms in total. The van der Waals surface area contributed by atoms with Gasteiger partial charge in [-0.05, 0) is 109 Å². The molecule has 206 valence electrons. The predicted molar refractivity (Wildman–Crippen MR) is 152 cm³/mol. The van der Waals surface area contributed by atoms with Gasteiger partial charge in [0.05, 0.1) is 25.1 Å². The van der Waals surface area contributed by atoms with Crippen LogP contribution in [0, 0.1) is 23.7 Å². The van der Waals surface area contributed by atoms with Crippen molar-refractivity contribution in [1.82, 2.24) is 5.32 Å². The van der Waals surface area contributed by atoms with Crippen molar-refractivity contribution in [2.24, 2.45) is 23.7 Å². The predicted octanol–water partition coefficient (Wildman–Crippen LogP) is 5.83. The highest BCUT2D eigenvalue weighted by atomic mass is 32.2. The first kappa shape index (κ1) is 27.0. The zero-order chi connectivity index (χ0) is 27.1. The Kier molecular flexibility index (Phi) is 7.51. The Hall–Kier alpha value is -2.54. The number of methoxy groups -OCH3 is 1. The lowest BCUT2D eigenvalue weighted by molar-refractivity contribution is -0.120. The molecule has 0 aliphatic heterocycles. The van der Waals surface area contributed by atoms with Crippen LogP contribution in [0.1, 0.15) is 76.0 Å². The van der Waals surface area contributed by atoms with E-state index < -0.39 is 10.0 Å². The summed E-state index contributed by atoms with van der Waals surface area (Å²) in [6.45, 7) is 3.97. The van der Waals surface area contributed by atoms with E-state index in [4.69, 9.17) is 4.74 Å². The fourth-order valence-electron chi connectivity index (χ4n) is 7.80. The van der Waals surface area contributed by atoms with Crippen LogP contribution in [0.2, 0.25) is 0 Å². The number of hydrogen-bond acceptors (Lipinski definition) is 4. The van der Waals surface area contributed by atoms with Gasteiger partial charge in [-0.3, -0.25) is 9.10 Å². The molecule has 4 aliphatic rings. The Morgan fingerprint density at radius 1 is 0.974 bits per heavy atom. The van der Waals surface area contributed by atoms with Crippen molar-refractivity contribution in [3.63, 3.8) is 0 Å². The Balaban J connectivity index is 1.32. The highest BCUT2D eigenvalue weighted by Crippen LogP contribution is 2.60. The number of sulfonamides is 1. The molecule has 6 rings (SSSR count). The maximum absolute atomic E-state index is 13.2. The van der Waals surface area contributed by atoms with E-state index in [0.29, 0.717) is 11.6 Å². The van der Waals surface area contributed by atoms with Gasteiger partial charge in [-0.15, -0.1) is 0 Å². The van der Waals surface area contributed by atoms with Gasteiger partial charge in [0, 0.05) is 0 Å². The fourth-order valence-corrected chi connectivity index (χ4v) is 8.66. The van der Waals surface area contributed by atoms with Crippen molar-refractivity contribution in [1.29, 1.82) is 0 Å². The lowest BCUT2D eigenvalue weighted by atomic mass is 9.48. The van der Waals surface area contributed by atoms with Crippen molar-refractivity contribution in [3.05, 3.63) is 59.7 Å². The summed E-state index contributed by atoms with van der Waals surface area (Å²) < 4.78 is 32.1. The van der Waals surface area contributed by atoms with Gasteiger partial charge in [0.2, 0.25) is 15.9 Å². The molecule has 0 aromatic heterocycles. The molecule has 1 atom stereocenters. The van der Waals surface area contributed by atoms with Crippen molar-refractivity contribution >= 4 is 21.6 Å². The molecule has 0 unspecified atom stereocenters. The Labute approximate surface area is 228 Å². The van der Waals surface area contributed by atoms with Gasteiger partial charge in [0.15, 0.2) is 0 Å². The van der Waals surface area contributed by atoms with E-state index in [1.165, 1.54) is 54.6 Å². The number of rotatable bonds is 10. The molecule has 38 heavy (non-hydrogen) atoms. The number of hydrogen-bond donors (Lipinski definition) is 1. The molecule has 0 radical (unpaired) electrons. The lowest BCUT2D eigenvalue weighted by Gasteiger charge is -2.57. The standard InChI is InChI=1S/C31H42N2O4S/c1-21(2)13-29(25-5-11-28(37-3)12-6-25)32-30(34)20-33(38(4,35)36)27-9-7-26(8-10-27)31-17-22-14-23(18-31)16-24(15-22)19-31/h5-12,21-24,29H,13-20H2,1-4H3,(H,32,34)/t22?,23?,24?,29-,31?/m1/s1. The van der Waals surface area contributed by atoms with E-state index in [1.807, 2.05) is 36.4 Å². The van der Waals surface area contributed by atoms with Gasteiger partial charge in [-0.2, -0.15) is 0 Å². The Bertz CT molecular complexity index is 1200. The minimum absolute atomic E-state index is 0.215. The molecular weight excluding hydrogens is 496 g/mol. The van der Waals surface area contributed by atoms with Gasteiger partial charge >= 0.3 is 0 Å². The highest BCUT2D eigenvalue weighted by Gasteiger charge is 2.51. The molecular formula is C31H42N2O4S. The summed E-state index contributed by atoms with van der Waals surface area (Å²) in [6, 6.07) is 15.5. The molecule has 4 aliphatic carbocycles. The molecule has 2 aromatic rings. The molecule has 7 heteroatoms. The van der Waals surface area contributed by atoms with Gasteiger partial charge in [0.25, 0.3) is 0 Å². The summed E-state index contributed by atoms with van der Waals surface area (Å²) in [4.78, 5) is 13.2. The third kappa shape index (κ3) is 5.73. The highest BCUT2D eigenvalue weighted by molar-refractivity contribution is 7.92. The number of ether oxygens (including phenoxy) is 1. The first-order valence-electron chi connectivity index (χ1n) is 14.1. The smallest absolute Gasteiger partial charge is 0.241 e. The zero-order valence-electron chi connectivity index (χ0n) is 23.2. The number of nitrogens with zero attached hydrogens (tertiary/aromatic N) is 1. The second-order valence-corrected chi connectivity index (χ2v) is 14.4. The summed E-state index contributed by atoms with van der Waals surface area (Å²) in [5.41, 5.74) is 3.11. The monoisotopic (exact) mass is 538 g/mol. The lowest BCUT2D eigenvalue weighted by Crippen LogP contribution is -2.48. The third-order valence-corrected chi connectivity index (χ3v) is 10.2. The topological polar surface area (TPSA) is 75.7 Å². The van der Waals surface area contributed by atoms with Gasteiger partial charge in [-0.25, -0.2) is 8.42 Å². The van der Waals surface area contributed by atoms with Crippen LogP contribution >= 0.6 is 0 Å². The summed E-state index contributed by atoms with van der Waals surface area (Å²) in [5.74, 6) is 3.33. The largest absolute Gasteiger partial charge is 0.497 e. The first-order chi connectivity index (χ1) is 18.0. The van der Waals surface area contributed by atoms with Crippen LogP contribution in [0.4, 0.5) is 5.69 Å². The van der Waals surface area contributed by atoms with Crippen LogP contribution < -0.4 is 14.4 Å². The minimum Gasteiger partial charge on any atom is -0.497 e. The van der Waals surface area contributed by atoms with Crippen LogP contribution in [0.15, 0.2) is 48.5 Å². The average molecular weight is 539 g/mol. The Morgan fingerprint density at radius 3 is 2.00 bits per heavy atom. The maximum Gasteiger partial charge on any atom is 0.241 e. The van der Waals surface area contributed by atoms with E-state index >= 15 is 0 Å². The Morgan fingerprint density at radius 2 is 1.53 bits per heavy atom. The van der Waals surface area contributed by atoms with E-state index in [-0.39, 0.29) is 23.9 Å². The normalized spacial score (nSPS) is 26.8. The molecule has 2 aromatic carbocycles. The number of nitrogens with one attached hydrogen (secondary N) is 1. The van der Waals surface area contributed by atoms with Crippen LogP contribution in [0.25, 0.3) is 0 Å². The number of benzene rings is 2. The van der Waals surface area contributed by atoms with E-state index in [2.05, 4.69) is 31.3 Å². The van der Waals surface area contributed by atoms with E-state index in [1.54, 1.807) is 7.11 Å². The van der Waals surface area contributed by atoms with Crippen LogP contribution in [-0.2, 0) is 20.2 Å². The van der Waals surface area contributed by atoms with E-state index in [9.17, 15) is 13.2 Å². The second-order valence-electron chi connectivity index (χ2n) is 12.5. The molecule has 4 saturated carbocycles. The average Bonchev–Trinajstić information content (AvgIpc) is 2.85. The molecule has 4 bridgehead atoms. The first-order valence-corrected chi connectivity index (χ1v) is 15.9. The van der Waals surface area contributed by atoms with Crippen molar-refractivity contribution < 1.29 is 17.9 Å². The second kappa shape index (κ2) is 10.6. The summed E-state index contributed by atoms with van der Waals surface area (Å²) in [6.07, 6.45) is 9.88. The van der Waals surface area contributed by atoms with Crippen molar-refractivity contribution in [3.8, 4) is 5.75 Å². The molecule has 1 amide bonds. The fraction of sp³-hybridized carbons (Fsp3) is 0.581. The SMILES string of the molecule is COc1ccc([C@@H](CC(C)C)NC(=O)CN(c2ccc(C34CC5CC(CC(C5)C3)C4)cc2)S(C)(=O)=O)cc1. The van der Waals surface area contributed by atoms with Gasteiger partial charge < -0.3 is 10.1 Å². The summed E-state index contributed by atoms with van der Waals surface area (Å²) >= 11 is 0. The molecule has 0 spiro atoms. The minimum atomic E-state index is -3.65. The quantitative estimate of drug-likeness (QED) is 0.413. The maximum atomic E-state index is 13.2. The van der Waals surface area contributed by atoms with Gasteiger partial charge in [0.1, 0.15) is 12.3 Å². The number of amides is 1. The summed E-state index contributed by atoms with van der Waals surface area (Å²) in [5, 5.41) is 3.09. The van der Waals surface area contributed by atoms with Crippen molar-refractivity contribution in [2.75, 3.05) is 24.2 Å². The number of carbonyl (C=O) groups excluding carboxylic acids is 1. The van der Waals surface area contributed by atoms with Gasteiger partial charge in [-0.1, -0.05) is 38.1 Å². The number of anilines is 1. The summed E-state index contributed by atoms with van der Waals surface area (Å²) in [7, 11) is -2.02. The molecule has 0 heterocycles. The third-order valence-electron chi connectivity index (χ3n) is 9.05. The molecule has 0 saturated heterocycles. The van der Waals surface area contributed by atoms with E-state index in [0.717, 1.165) is 35.5 Å². The molecule has 4 fully saturated rings.